The van der Waals surface area contributed by atoms with Gasteiger partial charge in [-0.05, 0) is 37.0 Å². The van der Waals surface area contributed by atoms with Gasteiger partial charge in [-0.2, -0.15) is 13.2 Å². The minimum absolute atomic E-state index is 0.164. The van der Waals surface area contributed by atoms with E-state index in [1.165, 1.54) is 23.9 Å². The summed E-state index contributed by atoms with van der Waals surface area (Å²) in [5.41, 5.74) is 0.164. The second-order valence-electron chi connectivity index (χ2n) is 5.67. The number of benzene rings is 1. The van der Waals surface area contributed by atoms with E-state index in [2.05, 4.69) is 5.32 Å². The minimum Gasteiger partial charge on any atom is -0.394 e. The lowest BCUT2D eigenvalue weighted by Crippen LogP contribution is -2.49. The van der Waals surface area contributed by atoms with Crippen LogP contribution in [-0.4, -0.2) is 28.5 Å². The number of aliphatic hydroxyl groups is 1. The van der Waals surface area contributed by atoms with E-state index in [0.717, 1.165) is 18.6 Å². The van der Waals surface area contributed by atoms with Gasteiger partial charge >= 0.3 is 6.18 Å². The Bertz CT molecular complexity index is 450. The second kappa shape index (κ2) is 6.58. The molecule has 1 aliphatic carbocycles. The number of nitrogens with one attached hydrogen (secondary N) is 1. The van der Waals surface area contributed by atoms with Crippen molar-refractivity contribution >= 4 is 11.8 Å². The number of hydrogen-bond acceptors (Lipinski definition) is 3. The van der Waals surface area contributed by atoms with Gasteiger partial charge in [-0.25, -0.2) is 0 Å². The number of aliphatic hydroxyl groups excluding tert-OH is 1. The summed E-state index contributed by atoms with van der Waals surface area (Å²) in [5.74, 6) is 1.37. The maximum atomic E-state index is 13.3. The van der Waals surface area contributed by atoms with Crippen molar-refractivity contribution in [1.29, 1.82) is 0 Å². The van der Waals surface area contributed by atoms with E-state index >= 15 is 0 Å². The molecule has 0 amide bonds. The predicted octanol–water partition coefficient (Wildman–Crippen LogP) is 3.73. The van der Waals surface area contributed by atoms with Crippen LogP contribution in [0.2, 0.25) is 0 Å². The first-order valence-corrected chi connectivity index (χ1v) is 7.97. The fourth-order valence-corrected chi connectivity index (χ4v) is 3.25. The van der Waals surface area contributed by atoms with Gasteiger partial charge in [0.1, 0.15) is 6.04 Å². The third-order valence-electron chi connectivity index (χ3n) is 3.55. The Kier molecular flexibility index (Phi) is 5.22. The van der Waals surface area contributed by atoms with Gasteiger partial charge in [-0.3, -0.25) is 5.32 Å². The summed E-state index contributed by atoms with van der Waals surface area (Å²) in [7, 11) is 0. The van der Waals surface area contributed by atoms with Crippen molar-refractivity contribution in [3.63, 3.8) is 0 Å². The number of hydrogen-bond donors (Lipinski definition) is 2. The molecule has 0 bridgehead atoms. The molecule has 0 aromatic heterocycles. The molecule has 1 aliphatic rings. The highest BCUT2D eigenvalue weighted by Gasteiger charge is 2.44. The first kappa shape index (κ1) is 16.6. The molecule has 21 heavy (non-hydrogen) atoms. The molecule has 0 saturated heterocycles. The van der Waals surface area contributed by atoms with Crippen LogP contribution in [0, 0.1) is 5.92 Å². The van der Waals surface area contributed by atoms with Gasteiger partial charge in [0, 0.05) is 0 Å². The van der Waals surface area contributed by atoms with E-state index in [1.54, 1.807) is 25.1 Å². The zero-order chi connectivity index (χ0) is 15.5. The first-order valence-electron chi connectivity index (χ1n) is 6.98. The quantitative estimate of drug-likeness (QED) is 0.751. The molecule has 2 N–H and O–H groups in total. The van der Waals surface area contributed by atoms with Crippen molar-refractivity contribution in [3.8, 4) is 0 Å². The lowest BCUT2D eigenvalue weighted by Gasteiger charge is -2.34. The van der Waals surface area contributed by atoms with E-state index in [9.17, 15) is 18.3 Å². The van der Waals surface area contributed by atoms with E-state index in [0.29, 0.717) is 5.92 Å². The maximum Gasteiger partial charge on any atom is 0.407 e. The average molecular weight is 319 g/mol. The standard InChI is InChI=1S/C15H20F3NOS/c1-14(10-20,21-9-11-7-8-11)19-13(15(16,17)18)12-5-3-2-4-6-12/h2-6,11,13,19-20H,7-10H2,1H3/t13?,14-/m1/s1. The zero-order valence-corrected chi connectivity index (χ0v) is 12.7. The highest BCUT2D eigenvalue weighted by atomic mass is 32.2. The predicted molar refractivity (Wildman–Crippen MR) is 79.0 cm³/mol. The molecule has 0 radical (unpaired) electrons. The molecule has 1 unspecified atom stereocenters. The molecule has 0 heterocycles. The maximum absolute atomic E-state index is 13.3. The summed E-state index contributed by atoms with van der Waals surface area (Å²) in [6.07, 6.45) is -2.14. The van der Waals surface area contributed by atoms with Gasteiger partial charge in [-0.15, -0.1) is 11.8 Å². The van der Waals surface area contributed by atoms with Crippen molar-refractivity contribution in [3.05, 3.63) is 35.9 Å². The van der Waals surface area contributed by atoms with Gasteiger partial charge in [-0.1, -0.05) is 30.3 Å². The summed E-state index contributed by atoms with van der Waals surface area (Å²) >= 11 is 1.37. The number of halogens is 3. The minimum atomic E-state index is -4.40. The molecule has 2 atom stereocenters. The smallest absolute Gasteiger partial charge is 0.394 e. The van der Waals surface area contributed by atoms with Crippen LogP contribution in [0.1, 0.15) is 31.4 Å². The highest BCUT2D eigenvalue weighted by Crippen LogP contribution is 2.39. The average Bonchev–Trinajstić information content (AvgIpc) is 3.27. The SMILES string of the molecule is C[C@@](CO)(NC(c1ccccc1)C(F)(F)F)SCC1CC1. The van der Waals surface area contributed by atoms with Gasteiger partial charge in [0.25, 0.3) is 0 Å². The van der Waals surface area contributed by atoms with E-state index in [1.807, 2.05) is 0 Å². The summed E-state index contributed by atoms with van der Waals surface area (Å²) in [6, 6.07) is 5.99. The molecular formula is C15H20F3NOS. The second-order valence-corrected chi connectivity index (χ2v) is 7.20. The molecule has 1 fully saturated rings. The van der Waals surface area contributed by atoms with Crippen LogP contribution in [0.25, 0.3) is 0 Å². The van der Waals surface area contributed by atoms with Crippen molar-refractivity contribution in [2.75, 3.05) is 12.4 Å². The van der Waals surface area contributed by atoms with Gasteiger partial charge in [0.05, 0.1) is 11.5 Å². The molecule has 2 rings (SSSR count). The molecule has 1 saturated carbocycles. The summed E-state index contributed by atoms with van der Waals surface area (Å²) in [5, 5.41) is 12.1. The van der Waals surface area contributed by atoms with Crippen LogP contribution in [0.15, 0.2) is 30.3 Å². The monoisotopic (exact) mass is 319 g/mol. The van der Waals surface area contributed by atoms with Gasteiger partial charge in [0.15, 0.2) is 0 Å². The van der Waals surface area contributed by atoms with Gasteiger partial charge in [0.2, 0.25) is 0 Å². The van der Waals surface area contributed by atoms with E-state index in [-0.39, 0.29) is 12.2 Å². The van der Waals surface area contributed by atoms with Crippen molar-refractivity contribution in [2.24, 2.45) is 5.92 Å². The van der Waals surface area contributed by atoms with Gasteiger partial charge < -0.3 is 5.11 Å². The Morgan fingerprint density at radius 2 is 1.90 bits per heavy atom. The molecule has 118 valence electrons. The third kappa shape index (κ3) is 4.90. The fraction of sp³-hybridized carbons (Fsp3) is 0.600. The van der Waals surface area contributed by atoms with Crippen LogP contribution < -0.4 is 5.32 Å². The lowest BCUT2D eigenvalue weighted by molar-refractivity contribution is -0.161. The zero-order valence-electron chi connectivity index (χ0n) is 11.9. The molecule has 1 aromatic rings. The molecule has 0 aliphatic heterocycles. The third-order valence-corrected chi connectivity index (χ3v) is 5.07. The molecular weight excluding hydrogens is 299 g/mol. The molecule has 6 heteroatoms. The highest BCUT2D eigenvalue weighted by molar-refractivity contribution is 8.00. The van der Waals surface area contributed by atoms with Crippen LogP contribution in [0.5, 0.6) is 0 Å². The van der Waals surface area contributed by atoms with Crippen LogP contribution in [0.4, 0.5) is 13.2 Å². The van der Waals surface area contributed by atoms with E-state index in [4.69, 9.17) is 0 Å². The van der Waals surface area contributed by atoms with Crippen molar-refractivity contribution < 1.29 is 18.3 Å². The summed E-state index contributed by atoms with van der Waals surface area (Å²) in [6.45, 7) is 1.28. The number of thioether (sulfide) groups is 1. The first-order chi connectivity index (χ1) is 9.84. The normalized spacial score (nSPS) is 20.0. The Labute approximate surface area is 127 Å². The summed E-state index contributed by atoms with van der Waals surface area (Å²) < 4.78 is 40.0. The van der Waals surface area contributed by atoms with E-state index < -0.39 is 17.1 Å². The Morgan fingerprint density at radius 3 is 2.38 bits per heavy atom. The Morgan fingerprint density at radius 1 is 1.29 bits per heavy atom. The van der Waals surface area contributed by atoms with Crippen LogP contribution in [0.3, 0.4) is 0 Å². The largest absolute Gasteiger partial charge is 0.407 e. The fourth-order valence-electron chi connectivity index (χ4n) is 2.02. The number of rotatable bonds is 7. The molecule has 2 nitrogen and oxygen atoms in total. The Balaban J connectivity index is 2.12. The van der Waals surface area contributed by atoms with Crippen molar-refractivity contribution in [1.82, 2.24) is 5.32 Å². The molecule has 0 spiro atoms. The topological polar surface area (TPSA) is 32.3 Å². The van der Waals surface area contributed by atoms with Crippen LogP contribution in [-0.2, 0) is 0 Å². The summed E-state index contributed by atoms with van der Waals surface area (Å²) in [4.78, 5) is -1.00. The Hall–Kier alpha value is -0.720. The van der Waals surface area contributed by atoms with Crippen molar-refractivity contribution in [2.45, 2.75) is 36.9 Å². The molecule has 1 aromatic carbocycles. The number of alkyl halides is 3. The van der Waals surface area contributed by atoms with Crippen LogP contribution >= 0.6 is 11.8 Å². The lowest BCUT2D eigenvalue weighted by atomic mass is 10.1.